The van der Waals surface area contributed by atoms with Crippen LogP contribution in [0.2, 0.25) is 5.02 Å². The molecule has 17 heavy (non-hydrogen) atoms. The molecule has 0 radical (unpaired) electrons. The van der Waals surface area contributed by atoms with E-state index < -0.39 is 0 Å². The van der Waals surface area contributed by atoms with E-state index in [1.165, 1.54) is 24.4 Å². The third-order valence-electron chi connectivity index (χ3n) is 2.55. The highest BCUT2D eigenvalue weighted by Crippen LogP contribution is 2.17. The molecule has 0 N–H and O–H groups in total. The van der Waals surface area contributed by atoms with E-state index in [1.807, 2.05) is 13.0 Å². The lowest BCUT2D eigenvalue weighted by molar-refractivity contribution is 0.616. The Hall–Kier alpha value is -1.86. The van der Waals surface area contributed by atoms with Crippen molar-refractivity contribution in [2.75, 3.05) is 0 Å². The molecule has 0 amide bonds. The predicted octanol–water partition coefficient (Wildman–Crippen LogP) is 2.90. The Morgan fingerprint density at radius 1 is 1.53 bits per heavy atom. The van der Waals surface area contributed by atoms with E-state index in [1.54, 1.807) is 4.68 Å². The third kappa shape index (κ3) is 2.29. The first-order chi connectivity index (χ1) is 8.11. The Morgan fingerprint density at radius 3 is 2.88 bits per heavy atom. The number of nitrogens with zero attached hydrogens (tertiary/aromatic N) is 3. The fourth-order valence-electron chi connectivity index (χ4n) is 1.55. The van der Waals surface area contributed by atoms with E-state index in [0.717, 1.165) is 5.69 Å². The molecule has 1 aromatic carbocycles. The summed E-state index contributed by atoms with van der Waals surface area (Å²) < 4.78 is 14.8. The maximum atomic E-state index is 13.1. The van der Waals surface area contributed by atoms with E-state index in [9.17, 15) is 4.39 Å². The Kier molecular flexibility index (Phi) is 3.12. The molecule has 1 aromatic heterocycles. The summed E-state index contributed by atoms with van der Waals surface area (Å²) in [7, 11) is 0. The Morgan fingerprint density at radius 2 is 2.29 bits per heavy atom. The Balaban J connectivity index is 2.39. The first-order valence-electron chi connectivity index (χ1n) is 4.98. The van der Waals surface area contributed by atoms with Gasteiger partial charge < -0.3 is 0 Å². The quantitative estimate of drug-likeness (QED) is 0.821. The molecule has 3 nitrogen and oxygen atoms in total. The summed E-state index contributed by atoms with van der Waals surface area (Å²) in [6, 6.07) is 6.10. The zero-order valence-electron chi connectivity index (χ0n) is 9.11. The van der Waals surface area contributed by atoms with Crippen molar-refractivity contribution in [3.63, 3.8) is 0 Å². The molecule has 0 saturated heterocycles. The zero-order valence-corrected chi connectivity index (χ0v) is 9.87. The average molecular weight is 250 g/mol. The van der Waals surface area contributed by atoms with E-state index in [0.29, 0.717) is 22.7 Å². The first-order valence-corrected chi connectivity index (χ1v) is 5.36. The molecule has 0 fully saturated rings. The summed E-state index contributed by atoms with van der Waals surface area (Å²) in [5, 5.41) is 13.6. The van der Waals surface area contributed by atoms with Gasteiger partial charge in [-0.1, -0.05) is 11.6 Å². The highest BCUT2D eigenvalue weighted by molar-refractivity contribution is 6.31. The summed E-state index contributed by atoms with van der Waals surface area (Å²) in [5.41, 5.74) is 1.83. The van der Waals surface area contributed by atoms with Crippen molar-refractivity contribution in [3.8, 4) is 6.07 Å². The lowest BCUT2D eigenvalue weighted by Gasteiger charge is -2.06. The van der Waals surface area contributed by atoms with Crippen LogP contribution >= 0.6 is 11.6 Å². The van der Waals surface area contributed by atoms with Crippen molar-refractivity contribution < 1.29 is 4.39 Å². The average Bonchev–Trinajstić information content (AvgIpc) is 2.61. The Labute approximate surface area is 103 Å². The standard InChI is InChI=1S/C12H9ClFN3/c1-8-12(13)6-16-17(8)7-10-4-11(14)3-2-9(10)5-15/h2-4,6H,7H2,1H3. The molecule has 2 rings (SSSR count). The molecular formula is C12H9ClFN3. The van der Waals surface area contributed by atoms with Gasteiger partial charge in [-0.25, -0.2) is 4.39 Å². The van der Waals surface area contributed by atoms with Gasteiger partial charge >= 0.3 is 0 Å². The molecule has 0 aliphatic heterocycles. The summed E-state index contributed by atoms with van der Waals surface area (Å²) >= 11 is 5.88. The van der Waals surface area contributed by atoms with Crippen LogP contribution in [0.15, 0.2) is 24.4 Å². The summed E-state index contributed by atoms with van der Waals surface area (Å²) in [4.78, 5) is 0. The van der Waals surface area contributed by atoms with Crippen molar-refractivity contribution in [2.24, 2.45) is 0 Å². The second-order valence-electron chi connectivity index (χ2n) is 3.65. The van der Waals surface area contributed by atoms with Crippen LogP contribution in [0.25, 0.3) is 0 Å². The fourth-order valence-corrected chi connectivity index (χ4v) is 1.69. The largest absolute Gasteiger partial charge is 0.264 e. The maximum absolute atomic E-state index is 13.1. The number of halogens is 2. The van der Waals surface area contributed by atoms with Crippen molar-refractivity contribution in [3.05, 3.63) is 52.1 Å². The highest BCUT2D eigenvalue weighted by Gasteiger charge is 2.08. The smallest absolute Gasteiger partial charge is 0.123 e. The third-order valence-corrected chi connectivity index (χ3v) is 2.92. The number of nitriles is 1. The minimum atomic E-state index is -0.366. The summed E-state index contributed by atoms with van der Waals surface area (Å²) in [5.74, 6) is -0.366. The molecule has 0 bridgehead atoms. The van der Waals surface area contributed by atoms with E-state index in [4.69, 9.17) is 16.9 Å². The molecule has 0 atom stereocenters. The normalized spacial score (nSPS) is 10.2. The van der Waals surface area contributed by atoms with Gasteiger partial charge in [-0.05, 0) is 30.7 Å². The number of hydrogen-bond acceptors (Lipinski definition) is 2. The Bertz CT molecular complexity index is 598. The van der Waals surface area contributed by atoms with Gasteiger partial charge in [-0.3, -0.25) is 4.68 Å². The zero-order chi connectivity index (χ0) is 12.4. The van der Waals surface area contributed by atoms with Gasteiger partial charge in [0.05, 0.1) is 35.1 Å². The molecular weight excluding hydrogens is 241 g/mol. The van der Waals surface area contributed by atoms with Crippen molar-refractivity contribution >= 4 is 11.6 Å². The second-order valence-corrected chi connectivity index (χ2v) is 4.06. The van der Waals surface area contributed by atoms with Gasteiger partial charge in [0, 0.05) is 0 Å². The lowest BCUT2D eigenvalue weighted by atomic mass is 10.1. The molecule has 1 heterocycles. The van der Waals surface area contributed by atoms with Crippen LogP contribution in [0.3, 0.4) is 0 Å². The summed E-state index contributed by atoms with van der Waals surface area (Å²) in [6.45, 7) is 2.15. The summed E-state index contributed by atoms with van der Waals surface area (Å²) in [6.07, 6.45) is 1.53. The molecule has 2 aromatic rings. The monoisotopic (exact) mass is 249 g/mol. The number of aromatic nitrogens is 2. The van der Waals surface area contributed by atoms with Gasteiger partial charge in [0.15, 0.2) is 0 Å². The van der Waals surface area contributed by atoms with Crippen molar-refractivity contribution in [2.45, 2.75) is 13.5 Å². The second kappa shape index (κ2) is 4.56. The molecule has 0 aliphatic carbocycles. The van der Waals surface area contributed by atoms with Crippen LogP contribution in [0.1, 0.15) is 16.8 Å². The SMILES string of the molecule is Cc1c(Cl)cnn1Cc1cc(F)ccc1C#N. The van der Waals surface area contributed by atoms with Gasteiger partial charge in [0.1, 0.15) is 5.82 Å². The van der Waals surface area contributed by atoms with Gasteiger partial charge in [-0.15, -0.1) is 0 Å². The minimum absolute atomic E-state index is 0.333. The van der Waals surface area contributed by atoms with E-state index in [2.05, 4.69) is 5.10 Å². The van der Waals surface area contributed by atoms with Crippen molar-refractivity contribution in [1.82, 2.24) is 9.78 Å². The van der Waals surface area contributed by atoms with E-state index in [-0.39, 0.29) is 5.82 Å². The maximum Gasteiger partial charge on any atom is 0.123 e. The van der Waals surface area contributed by atoms with Crippen LogP contribution in [0.4, 0.5) is 4.39 Å². The molecule has 86 valence electrons. The minimum Gasteiger partial charge on any atom is -0.264 e. The number of rotatable bonds is 2. The van der Waals surface area contributed by atoms with Gasteiger partial charge in [0.25, 0.3) is 0 Å². The fraction of sp³-hybridized carbons (Fsp3) is 0.167. The topological polar surface area (TPSA) is 41.6 Å². The number of hydrogen-bond donors (Lipinski definition) is 0. The first kappa shape index (κ1) is 11.6. The molecule has 5 heteroatoms. The van der Waals surface area contributed by atoms with Crippen LogP contribution in [-0.2, 0) is 6.54 Å². The van der Waals surface area contributed by atoms with Crippen molar-refractivity contribution in [1.29, 1.82) is 5.26 Å². The highest BCUT2D eigenvalue weighted by atomic mass is 35.5. The predicted molar refractivity (Wildman–Crippen MR) is 62.2 cm³/mol. The van der Waals surface area contributed by atoms with Crippen LogP contribution in [0.5, 0.6) is 0 Å². The van der Waals surface area contributed by atoms with Crippen LogP contribution in [-0.4, -0.2) is 9.78 Å². The van der Waals surface area contributed by atoms with Crippen LogP contribution < -0.4 is 0 Å². The van der Waals surface area contributed by atoms with E-state index >= 15 is 0 Å². The molecule has 0 unspecified atom stereocenters. The molecule has 0 spiro atoms. The van der Waals surface area contributed by atoms with Gasteiger partial charge in [0.2, 0.25) is 0 Å². The number of benzene rings is 1. The molecule has 0 saturated carbocycles. The van der Waals surface area contributed by atoms with Gasteiger partial charge in [-0.2, -0.15) is 10.4 Å². The lowest BCUT2D eigenvalue weighted by Crippen LogP contribution is -2.05. The van der Waals surface area contributed by atoms with Crippen LogP contribution in [0, 0.1) is 24.1 Å². The molecule has 0 aliphatic rings.